The molecule has 1 aliphatic heterocycles. The first kappa shape index (κ1) is 17.8. The molecule has 21 heavy (non-hydrogen) atoms. The van der Waals surface area contributed by atoms with E-state index in [9.17, 15) is 14.7 Å². The van der Waals surface area contributed by atoms with Crippen LogP contribution in [-0.4, -0.2) is 53.8 Å². The maximum absolute atomic E-state index is 12.2. The highest BCUT2D eigenvalue weighted by Gasteiger charge is 2.48. The molecule has 0 aromatic heterocycles. The van der Waals surface area contributed by atoms with Crippen LogP contribution in [0.2, 0.25) is 0 Å². The van der Waals surface area contributed by atoms with Crippen molar-refractivity contribution in [3.8, 4) is 0 Å². The van der Waals surface area contributed by atoms with Crippen LogP contribution >= 0.6 is 0 Å². The van der Waals surface area contributed by atoms with Crippen LogP contribution < -0.4 is 5.32 Å². The van der Waals surface area contributed by atoms with Crippen LogP contribution in [0, 0.1) is 5.92 Å². The highest BCUT2D eigenvalue weighted by atomic mass is 16.5. The molecule has 122 valence electrons. The van der Waals surface area contributed by atoms with Gasteiger partial charge in [-0.15, -0.1) is 0 Å². The molecule has 0 aromatic rings. The van der Waals surface area contributed by atoms with Gasteiger partial charge in [0.15, 0.2) is 0 Å². The molecule has 1 fully saturated rings. The van der Waals surface area contributed by atoms with E-state index >= 15 is 0 Å². The SMILES string of the molecule is CCC1(C(=O)O)CCCN1C(=O)NCCOCCC(C)C. The zero-order chi connectivity index (χ0) is 15.9. The summed E-state index contributed by atoms with van der Waals surface area (Å²) >= 11 is 0. The third kappa shape index (κ3) is 4.59. The normalized spacial score (nSPS) is 21.8. The number of carbonyl (C=O) groups excluding carboxylic acids is 1. The number of ether oxygens (including phenoxy) is 1. The lowest BCUT2D eigenvalue weighted by atomic mass is 9.93. The molecule has 0 saturated carbocycles. The van der Waals surface area contributed by atoms with E-state index in [0.717, 1.165) is 12.8 Å². The van der Waals surface area contributed by atoms with Crippen molar-refractivity contribution in [2.75, 3.05) is 26.3 Å². The van der Waals surface area contributed by atoms with Crippen LogP contribution in [-0.2, 0) is 9.53 Å². The van der Waals surface area contributed by atoms with E-state index in [2.05, 4.69) is 19.2 Å². The van der Waals surface area contributed by atoms with Gasteiger partial charge in [-0.25, -0.2) is 9.59 Å². The van der Waals surface area contributed by atoms with Crippen LogP contribution in [0.3, 0.4) is 0 Å². The van der Waals surface area contributed by atoms with Gasteiger partial charge in [0.25, 0.3) is 0 Å². The van der Waals surface area contributed by atoms with Crippen LogP contribution in [0.5, 0.6) is 0 Å². The number of amides is 2. The van der Waals surface area contributed by atoms with Crippen LogP contribution in [0.15, 0.2) is 0 Å². The molecular formula is C15H28N2O4. The van der Waals surface area contributed by atoms with Gasteiger partial charge in [0, 0.05) is 19.7 Å². The fourth-order valence-electron chi connectivity index (χ4n) is 2.66. The summed E-state index contributed by atoms with van der Waals surface area (Å²) in [4.78, 5) is 25.1. The number of carboxylic acids is 1. The van der Waals surface area contributed by atoms with Crippen LogP contribution in [0.1, 0.15) is 46.5 Å². The Hall–Kier alpha value is -1.30. The minimum absolute atomic E-state index is 0.302. The number of likely N-dealkylation sites (tertiary alicyclic amines) is 1. The predicted molar refractivity (Wildman–Crippen MR) is 80.3 cm³/mol. The molecule has 0 aliphatic carbocycles. The van der Waals surface area contributed by atoms with Crippen molar-refractivity contribution < 1.29 is 19.4 Å². The molecule has 2 amide bonds. The van der Waals surface area contributed by atoms with Crippen molar-refractivity contribution >= 4 is 12.0 Å². The summed E-state index contributed by atoms with van der Waals surface area (Å²) in [6, 6.07) is -0.302. The quantitative estimate of drug-likeness (QED) is 0.673. The second-order valence-corrected chi connectivity index (χ2v) is 5.97. The maximum Gasteiger partial charge on any atom is 0.329 e. The number of nitrogens with one attached hydrogen (secondary N) is 1. The maximum atomic E-state index is 12.2. The molecular weight excluding hydrogens is 272 g/mol. The van der Waals surface area contributed by atoms with E-state index in [-0.39, 0.29) is 6.03 Å². The molecule has 1 atom stereocenters. The lowest BCUT2D eigenvalue weighted by Crippen LogP contribution is -2.55. The molecule has 0 spiro atoms. The molecule has 0 radical (unpaired) electrons. The zero-order valence-electron chi connectivity index (χ0n) is 13.4. The van der Waals surface area contributed by atoms with Crippen molar-refractivity contribution in [1.82, 2.24) is 10.2 Å². The minimum atomic E-state index is -1.04. The van der Waals surface area contributed by atoms with Crippen molar-refractivity contribution in [3.05, 3.63) is 0 Å². The highest BCUT2D eigenvalue weighted by molar-refractivity contribution is 5.87. The van der Waals surface area contributed by atoms with Gasteiger partial charge < -0.3 is 20.1 Å². The van der Waals surface area contributed by atoms with Crippen LogP contribution in [0.25, 0.3) is 0 Å². The van der Waals surface area contributed by atoms with E-state index in [1.54, 1.807) is 0 Å². The topological polar surface area (TPSA) is 78.9 Å². The highest BCUT2D eigenvalue weighted by Crippen LogP contribution is 2.32. The van der Waals surface area contributed by atoms with Gasteiger partial charge in [0.1, 0.15) is 5.54 Å². The van der Waals surface area contributed by atoms with E-state index in [1.807, 2.05) is 6.92 Å². The first-order valence-corrected chi connectivity index (χ1v) is 7.80. The monoisotopic (exact) mass is 300 g/mol. The van der Waals surface area contributed by atoms with Gasteiger partial charge in [-0.05, 0) is 31.6 Å². The number of carboxylic acid groups (broad SMARTS) is 1. The summed E-state index contributed by atoms with van der Waals surface area (Å²) in [5.74, 6) is -0.309. The van der Waals surface area contributed by atoms with Gasteiger partial charge in [0.05, 0.1) is 6.61 Å². The fourth-order valence-corrected chi connectivity index (χ4v) is 2.66. The molecule has 6 heteroatoms. The molecule has 1 rings (SSSR count). The Morgan fingerprint density at radius 2 is 2.10 bits per heavy atom. The van der Waals surface area contributed by atoms with Gasteiger partial charge in [-0.3, -0.25) is 0 Å². The zero-order valence-corrected chi connectivity index (χ0v) is 13.4. The van der Waals surface area contributed by atoms with Crippen molar-refractivity contribution in [3.63, 3.8) is 0 Å². The number of hydrogen-bond acceptors (Lipinski definition) is 3. The van der Waals surface area contributed by atoms with Gasteiger partial charge in [-0.1, -0.05) is 20.8 Å². The molecule has 0 aromatic carbocycles. The number of carbonyl (C=O) groups is 2. The number of nitrogens with zero attached hydrogens (tertiary/aromatic N) is 1. The molecule has 1 unspecified atom stereocenters. The third-order valence-corrected chi connectivity index (χ3v) is 4.08. The number of rotatable bonds is 8. The van der Waals surface area contributed by atoms with Crippen molar-refractivity contribution in [1.29, 1.82) is 0 Å². The van der Waals surface area contributed by atoms with Gasteiger partial charge in [0.2, 0.25) is 0 Å². The molecule has 6 nitrogen and oxygen atoms in total. The summed E-state index contributed by atoms with van der Waals surface area (Å²) in [5.41, 5.74) is -1.04. The average molecular weight is 300 g/mol. The summed E-state index contributed by atoms with van der Waals surface area (Å²) in [6.45, 7) is 8.13. The molecule has 0 bridgehead atoms. The number of aliphatic carboxylic acids is 1. The number of urea groups is 1. The van der Waals surface area contributed by atoms with Crippen molar-refractivity contribution in [2.45, 2.75) is 52.0 Å². The Balaban J connectivity index is 2.36. The number of hydrogen-bond donors (Lipinski definition) is 2. The third-order valence-electron chi connectivity index (χ3n) is 4.08. The Labute approximate surface area is 126 Å². The van der Waals surface area contributed by atoms with Gasteiger partial charge >= 0.3 is 12.0 Å². The summed E-state index contributed by atoms with van der Waals surface area (Å²) < 4.78 is 5.43. The lowest BCUT2D eigenvalue weighted by molar-refractivity contribution is -0.148. The summed E-state index contributed by atoms with van der Waals surface area (Å²) in [5, 5.41) is 12.2. The first-order valence-electron chi connectivity index (χ1n) is 7.80. The molecule has 2 N–H and O–H groups in total. The van der Waals surface area contributed by atoms with Crippen LogP contribution in [0.4, 0.5) is 4.79 Å². The first-order chi connectivity index (χ1) is 9.94. The average Bonchev–Trinajstić information content (AvgIpc) is 2.87. The van der Waals surface area contributed by atoms with E-state index in [0.29, 0.717) is 45.1 Å². The summed E-state index contributed by atoms with van der Waals surface area (Å²) in [7, 11) is 0. The largest absolute Gasteiger partial charge is 0.479 e. The van der Waals surface area contributed by atoms with Gasteiger partial charge in [-0.2, -0.15) is 0 Å². The predicted octanol–water partition coefficient (Wildman–Crippen LogP) is 2.09. The Morgan fingerprint density at radius 1 is 1.38 bits per heavy atom. The Bertz CT molecular complexity index is 360. The van der Waals surface area contributed by atoms with E-state index in [4.69, 9.17) is 4.74 Å². The summed E-state index contributed by atoms with van der Waals surface area (Å²) in [6.07, 6.45) is 2.69. The molecule has 1 heterocycles. The lowest BCUT2D eigenvalue weighted by Gasteiger charge is -2.33. The minimum Gasteiger partial charge on any atom is -0.479 e. The molecule has 1 saturated heterocycles. The standard InChI is InChI=1S/C15H28N2O4/c1-4-15(13(18)19)7-5-9-17(15)14(20)16-8-11-21-10-6-12(2)3/h12H,4-11H2,1-3H3,(H,16,20)(H,18,19). The smallest absolute Gasteiger partial charge is 0.329 e. The van der Waals surface area contributed by atoms with E-state index < -0.39 is 11.5 Å². The Kier molecular flexibility index (Phi) is 6.95. The fraction of sp³-hybridized carbons (Fsp3) is 0.867. The Morgan fingerprint density at radius 3 is 2.67 bits per heavy atom. The molecule has 1 aliphatic rings. The second kappa shape index (κ2) is 8.22. The van der Waals surface area contributed by atoms with Crippen molar-refractivity contribution in [2.24, 2.45) is 5.92 Å². The van der Waals surface area contributed by atoms with E-state index in [1.165, 1.54) is 4.90 Å². The second-order valence-electron chi connectivity index (χ2n) is 5.97.